The molecule has 1 aromatic carbocycles. The van der Waals surface area contributed by atoms with Crippen LogP contribution < -0.4 is 22.1 Å². The van der Waals surface area contributed by atoms with Crippen LogP contribution in [0.25, 0.3) is 0 Å². The molecule has 2 heterocycles. The minimum absolute atomic E-state index is 0.231. The molecule has 0 saturated heterocycles. The third-order valence-electron chi connectivity index (χ3n) is 7.05. The maximum atomic E-state index is 5.83. The Bertz CT molecular complexity index is 1150. The largest absolute Gasteiger partial charge is 0.352 e. The molecule has 1 aliphatic rings. The first-order valence-electron chi connectivity index (χ1n) is 14.4. The van der Waals surface area contributed by atoms with Gasteiger partial charge in [-0.1, -0.05) is 43.7 Å². The van der Waals surface area contributed by atoms with E-state index in [1.807, 2.05) is 0 Å². The fraction of sp³-hybridized carbons (Fsp3) is 0.533. The van der Waals surface area contributed by atoms with Crippen molar-refractivity contribution >= 4 is 35.4 Å². The lowest BCUT2D eigenvalue weighted by Crippen LogP contribution is -2.42. The van der Waals surface area contributed by atoms with E-state index in [0.717, 1.165) is 39.4 Å². The van der Waals surface area contributed by atoms with Crippen LogP contribution in [0, 0.1) is 5.92 Å². The van der Waals surface area contributed by atoms with Crippen LogP contribution in [0.1, 0.15) is 75.7 Å². The molecule has 6 N–H and O–H groups in total. The first kappa shape index (κ1) is 30.6. The van der Waals surface area contributed by atoms with Crippen LogP contribution in [0.2, 0.25) is 0 Å². The maximum absolute atomic E-state index is 5.83. The van der Waals surface area contributed by atoms with Crippen molar-refractivity contribution in [1.82, 2.24) is 19.9 Å². The van der Waals surface area contributed by atoms with Crippen molar-refractivity contribution in [2.75, 3.05) is 35.2 Å². The maximum Gasteiger partial charge on any atom is 0.224 e. The highest BCUT2D eigenvalue weighted by Gasteiger charge is 2.53. The van der Waals surface area contributed by atoms with Crippen molar-refractivity contribution in [2.24, 2.45) is 17.4 Å². The van der Waals surface area contributed by atoms with E-state index >= 15 is 0 Å². The molecule has 0 aliphatic heterocycles. The van der Waals surface area contributed by atoms with Crippen LogP contribution >= 0.6 is 23.5 Å². The van der Waals surface area contributed by atoms with Crippen molar-refractivity contribution in [3.8, 4) is 0 Å². The lowest BCUT2D eigenvalue weighted by atomic mass is 9.51. The van der Waals surface area contributed by atoms with Crippen LogP contribution in [0.4, 0.5) is 11.9 Å². The number of anilines is 2. The second kappa shape index (κ2) is 14.5. The molecule has 1 aliphatic carbocycles. The van der Waals surface area contributed by atoms with Crippen LogP contribution in [0.5, 0.6) is 0 Å². The summed E-state index contributed by atoms with van der Waals surface area (Å²) in [5.41, 5.74) is 15.1. The second-order valence-electron chi connectivity index (χ2n) is 10.8. The number of hydrogen-bond acceptors (Lipinski definition) is 10. The number of nitrogens with zero attached hydrogens (tertiary/aromatic N) is 4. The first-order valence-corrected chi connectivity index (χ1v) is 16.3. The fourth-order valence-corrected chi connectivity index (χ4v) is 6.95. The first-order chi connectivity index (χ1) is 19.3. The van der Waals surface area contributed by atoms with Gasteiger partial charge in [-0.25, -0.2) is 19.9 Å². The summed E-state index contributed by atoms with van der Waals surface area (Å²) in [6.45, 7) is 12.0. The molecular weight excluding hydrogens is 537 g/mol. The van der Waals surface area contributed by atoms with Gasteiger partial charge in [-0.15, -0.1) is 23.5 Å². The van der Waals surface area contributed by atoms with Crippen LogP contribution in [-0.2, 0) is 0 Å². The molecule has 2 atom stereocenters. The summed E-state index contributed by atoms with van der Waals surface area (Å²) in [6, 6.07) is 15.7. The SMILES string of the molecule is CC[C@H]1[C@H](c2cc(SCCN)nc(NC(C)C)n2)[C@H](c2ccccc2)[C@H]1c1cc(SCCN)nc(NC(C)C)n1. The van der Waals surface area contributed by atoms with Gasteiger partial charge >= 0.3 is 0 Å². The summed E-state index contributed by atoms with van der Waals surface area (Å²) in [7, 11) is 0. The smallest absolute Gasteiger partial charge is 0.224 e. The minimum atomic E-state index is 0.231. The van der Waals surface area contributed by atoms with E-state index in [4.69, 9.17) is 31.4 Å². The van der Waals surface area contributed by atoms with E-state index in [2.05, 4.69) is 87.7 Å². The quantitative estimate of drug-likeness (QED) is 0.139. The van der Waals surface area contributed by atoms with Gasteiger partial charge < -0.3 is 22.1 Å². The van der Waals surface area contributed by atoms with Gasteiger partial charge in [0.2, 0.25) is 11.9 Å². The van der Waals surface area contributed by atoms with Gasteiger partial charge in [0.1, 0.15) is 10.1 Å². The highest BCUT2D eigenvalue weighted by atomic mass is 32.2. The van der Waals surface area contributed by atoms with Crippen molar-refractivity contribution in [2.45, 2.75) is 80.9 Å². The van der Waals surface area contributed by atoms with Gasteiger partial charge in [0.15, 0.2) is 0 Å². The van der Waals surface area contributed by atoms with Gasteiger partial charge in [-0.3, -0.25) is 0 Å². The molecule has 0 amide bonds. The van der Waals surface area contributed by atoms with Gasteiger partial charge in [-0.05, 0) is 51.3 Å². The molecule has 1 fully saturated rings. The number of hydrogen-bond donors (Lipinski definition) is 4. The summed E-state index contributed by atoms with van der Waals surface area (Å²) in [5.74, 6) is 4.08. The Kier molecular flexibility index (Phi) is 11.1. The summed E-state index contributed by atoms with van der Waals surface area (Å²) in [6.07, 6.45) is 1.02. The molecule has 0 unspecified atom stereocenters. The Morgan fingerprint density at radius 3 is 1.60 bits per heavy atom. The second-order valence-corrected chi connectivity index (χ2v) is 13.1. The number of nitrogens with one attached hydrogen (secondary N) is 2. The predicted molar refractivity (Wildman–Crippen MR) is 170 cm³/mol. The van der Waals surface area contributed by atoms with Crippen molar-refractivity contribution < 1.29 is 0 Å². The molecule has 216 valence electrons. The normalized spacial score (nSPS) is 20.5. The molecule has 2 aromatic heterocycles. The molecule has 0 radical (unpaired) electrons. The molecule has 8 nitrogen and oxygen atoms in total. The molecule has 3 aromatic rings. The van der Waals surface area contributed by atoms with E-state index in [0.29, 0.717) is 30.9 Å². The average Bonchev–Trinajstić information content (AvgIpc) is 2.90. The number of nitrogens with two attached hydrogens (primary N) is 2. The summed E-state index contributed by atoms with van der Waals surface area (Å²) >= 11 is 3.38. The highest BCUT2D eigenvalue weighted by Crippen LogP contribution is 2.63. The zero-order chi connectivity index (χ0) is 28.6. The van der Waals surface area contributed by atoms with Gasteiger partial charge in [-0.2, -0.15) is 0 Å². The molecule has 10 heteroatoms. The third kappa shape index (κ3) is 7.46. The van der Waals surface area contributed by atoms with Gasteiger partial charge in [0, 0.05) is 54.4 Å². The van der Waals surface area contributed by atoms with Gasteiger partial charge in [0.25, 0.3) is 0 Å². The summed E-state index contributed by atoms with van der Waals surface area (Å²) < 4.78 is 0. The van der Waals surface area contributed by atoms with Crippen molar-refractivity contribution in [3.63, 3.8) is 0 Å². The summed E-state index contributed by atoms with van der Waals surface area (Å²) in [4.78, 5) is 19.8. The molecule has 1 saturated carbocycles. The molecular formula is C30H44N8S2. The standard InChI is InChI=1S/C30H44N8S2/c1-6-21-27(22-16-24(39-14-12-31)37-29(35-22)33-18(2)3)26(20-10-8-7-9-11-20)28(21)23-17-25(40-15-13-32)38-30(36-23)34-19(4)5/h7-11,16-19,21,26-28H,6,12-15,31-32H2,1-5H3,(H,33,35,37)(H,34,36,38)/t21-,26-,27-,28-/m1/s1. The zero-order valence-corrected chi connectivity index (χ0v) is 25.9. The Morgan fingerprint density at radius 2 is 1.20 bits per heavy atom. The Labute approximate surface area is 247 Å². The van der Waals surface area contributed by atoms with Crippen LogP contribution in [0.3, 0.4) is 0 Å². The van der Waals surface area contributed by atoms with E-state index in [-0.39, 0.29) is 29.8 Å². The summed E-state index contributed by atoms with van der Waals surface area (Å²) in [5, 5.41) is 8.81. The average molecular weight is 581 g/mol. The lowest BCUT2D eigenvalue weighted by molar-refractivity contribution is 0.143. The fourth-order valence-electron chi connectivity index (χ4n) is 5.59. The van der Waals surface area contributed by atoms with Gasteiger partial charge in [0.05, 0.1) is 11.4 Å². The lowest BCUT2D eigenvalue weighted by Gasteiger charge is -2.52. The monoisotopic (exact) mass is 580 g/mol. The van der Waals surface area contributed by atoms with Crippen molar-refractivity contribution in [1.29, 1.82) is 0 Å². The highest BCUT2D eigenvalue weighted by molar-refractivity contribution is 7.99. The Balaban J connectivity index is 1.81. The van der Waals surface area contributed by atoms with E-state index in [9.17, 15) is 0 Å². The Hall–Kier alpha value is -2.40. The van der Waals surface area contributed by atoms with E-state index in [1.54, 1.807) is 23.5 Å². The number of thioether (sulfide) groups is 2. The molecule has 0 spiro atoms. The van der Waals surface area contributed by atoms with Crippen LogP contribution in [-0.4, -0.2) is 56.6 Å². The number of benzene rings is 1. The van der Waals surface area contributed by atoms with Crippen molar-refractivity contribution in [3.05, 3.63) is 59.4 Å². The molecule has 0 bridgehead atoms. The van der Waals surface area contributed by atoms with E-state index < -0.39 is 0 Å². The molecule has 40 heavy (non-hydrogen) atoms. The number of rotatable bonds is 14. The zero-order valence-electron chi connectivity index (χ0n) is 24.3. The molecule has 4 rings (SSSR count). The predicted octanol–water partition coefficient (Wildman–Crippen LogP) is 5.70. The number of aromatic nitrogens is 4. The Morgan fingerprint density at radius 1 is 0.725 bits per heavy atom. The third-order valence-corrected chi connectivity index (χ3v) is 8.94. The topological polar surface area (TPSA) is 128 Å². The van der Waals surface area contributed by atoms with Crippen LogP contribution in [0.15, 0.2) is 52.5 Å². The minimum Gasteiger partial charge on any atom is -0.352 e. The van der Waals surface area contributed by atoms with E-state index in [1.165, 1.54) is 5.56 Å².